The van der Waals surface area contributed by atoms with Gasteiger partial charge in [0.2, 0.25) is 17.8 Å². The summed E-state index contributed by atoms with van der Waals surface area (Å²) < 4.78 is 0. The molecule has 0 bridgehead atoms. The second-order valence-electron chi connectivity index (χ2n) is 4.24. The molecule has 108 valence electrons. The van der Waals surface area contributed by atoms with Gasteiger partial charge in [-0.25, -0.2) is 9.97 Å². The fraction of sp³-hybridized carbons (Fsp3) is 0.143. The lowest BCUT2D eigenvalue weighted by molar-refractivity contribution is -0.115. The van der Waals surface area contributed by atoms with Crippen LogP contribution in [0.15, 0.2) is 42.7 Å². The van der Waals surface area contributed by atoms with Crippen molar-refractivity contribution in [1.82, 2.24) is 9.97 Å². The Kier molecular flexibility index (Phi) is 4.81. The molecule has 7 heteroatoms. The minimum atomic E-state index is -0.500. The third-order valence-electron chi connectivity index (χ3n) is 2.65. The van der Waals surface area contributed by atoms with Crippen LogP contribution in [-0.2, 0) is 4.79 Å². The van der Waals surface area contributed by atoms with E-state index in [0.717, 1.165) is 0 Å². The molecular weight excluding hydrogens is 270 g/mol. The van der Waals surface area contributed by atoms with E-state index < -0.39 is 5.91 Å². The van der Waals surface area contributed by atoms with Crippen molar-refractivity contribution in [3.8, 4) is 0 Å². The lowest BCUT2D eigenvalue weighted by Gasteiger charge is -2.06. The van der Waals surface area contributed by atoms with Gasteiger partial charge in [0.05, 0.1) is 0 Å². The molecule has 1 aromatic heterocycles. The highest BCUT2D eigenvalue weighted by atomic mass is 16.2. The molecule has 2 aromatic rings. The van der Waals surface area contributed by atoms with Crippen LogP contribution in [0.3, 0.4) is 0 Å². The van der Waals surface area contributed by atoms with Crippen molar-refractivity contribution in [2.24, 2.45) is 5.73 Å². The number of nitrogens with zero attached hydrogens (tertiary/aromatic N) is 2. The maximum absolute atomic E-state index is 11.7. The van der Waals surface area contributed by atoms with E-state index in [1.54, 1.807) is 42.7 Å². The Hall–Kier alpha value is -2.96. The third kappa shape index (κ3) is 4.57. The number of benzene rings is 1. The average molecular weight is 285 g/mol. The Morgan fingerprint density at radius 3 is 2.38 bits per heavy atom. The van der Waals surface area contributed by atoms with Gasteiger partial charge in [-0.2, -0.15) is 0 Å². The first-order valence-corrected chi connectivity index (χ1v) is 6.36. The summed E-state index contributed by atoms with van der Waals surface area (Å²) in [7, 11) is 0. The maximum atomic E-state index is 11.7. The van der Waals surface area contributed by atoms with Gasteiger partial charge in [-0.3, -0.25) is 9.59 Å². The van der Waals surface area contributed by atoms with Gasteiger partial charge in [0.25, 0.3) is 0 Å². The van der Waals surface area contributed by atoms with Crippen LogP contribution in [0.25, 0.3) is 0 Å². The lowest BCUT2D eigenvalue weighted by Crippen LogP contribution is -2.17. The molecular formula is C14H15N5O2. The number of hydrogen-bond donors (Lipinski definition) is 3. The summed E-state index contributed by atoms with van der Waals surface area (Å²) in [4.78, 5) is 30.6. The van der Waals surface area contributed by atoms with Crippen LogP contribution in [0, 0.1) is 0 Å². The Labute approximate surface area is 121 Å². The van der Waals surface area contributed by atoms with Crippen molar-refractivity contribution in [1.29, 1.82) is 0 Å². The number of carbonyl (C=O) groups excluding carboxylic acids is 2. The number of amides is 2. The van der Waals surface area contributed by atoms with Crippen LogP contribution in [0.2, 0.25) is 0 Å². The number of carbonyl (C=O) groups is 2. The van der Waals surface area contributed by atoms with Crippen LogP contribution in [0.4, 0.5) is 11.6 Å². The van der Waals surface area contributed by atoms with Gasteiger partial charge in [-0.05, 0) is 30.3 Å². The Morgan fingerprint density at radius 2 is 1.76 bits per heavy atom. The molecule has 0 aliphatic rings. The van der Waals surface area contributed by atoms with E-state index in [1.807, 2.05) is 0 Å². The number of nitrogens with one attached hydrogen (secondary N) is 2. The van der Waals surface area contributed by atoms with Crippen LogP contribution in [0.1, 0.15) is 16.8 Å². The maximum Gasteiger partial charge on any atom is 0.248 e. The van der Waals surface area contributed by atoms with Gasteiger partial charge in [-0.15, -0.1) is 0 Å². The molecule has 0 unspecified atom stereocenters. The minimum Gasteiger partial charge on any atom is -0.366 e. The van der Waals surface area contributed by atoms with Gasteiger partial charge in [-0.1, -0.05) is 0 Å². The molecule has 1 heterocycles. The molecule has 2 rings (SSSR count). The highest BCUT2D eigenvalue weighted by molar-refractivity contribution is 5.94. The van der Waals surface area contributed by atoms with E-state index in [9.17, 15) is 9.59 Å². The number of aromatic nitrogens is 2. The van der Waals surface area contributed by atoms with E-state index in [0.29, 0.717) is 23.7 Å². The number of primary amides is 1. The highest BCUT2D eigenvalue weighted by Gasteiger charge is 2.04. The molecule has 0 fully saturated rings. The van der Waals surface area contributed by atoms with Crippen molar-refractivity contribution < 1.29 is 9.59 Å². The summed E-state index contributed by atoms with van der Waals surface area (Å²) >= 11 is 0. The first-order valence-electron chi connectivity index (χ1n) is 6.36. The molecule has 0 spiro atoms. The molecule has 1 aromatic carbocycles. The molecule has 21 heavy (non-hydrogen) atoms. The Bertz CT molecular complexity index is 613. The lowest BCUT2D eigenvalue weighted by atomic mass is 10.2. The molecule has 0 saturated heterocycles. The highest BCUT2D eigenvalue weighted by Crippen LogP contribution is 2.09. The largest absolute Gasteiger partial charge is 0.366 e. The zero-order chi connectivity index (χ0) is 15.1. The third-order valence-corrected chi connectivity index (χ3v) is 2.65. The van der Waals surface area contributed by atoms with Crippen molar-refractivity contribution in [3.63, 3.8) is 0 Å². The molecule has 0 aliphatic carbocycles. The second-order valence-corrected chi connectivity index (χ2v) is 4.24. The van der Waals surface area contributed by atoms with E-state index in [4.69, 9.17) is 5.73 Å². The fourth-order valence-electron chi connectivity index (χ4n) is 1.62. The molecule has 7 nitrogen and oxygen atoms in total. The summed E-state index contributed by atoms with van der Waals surface area (Å²) in [5.41, 5.74) is 6.15. The van der Waals surface area contributed by atoms with E-state index >= 15 is 0 Å². The van der Waals surface area contributed by atoms with Crippen molar-refractivity contribution >= 4 is 23.5 Å². The molecule has 4 N–H and O–H groups in total. The smallest absolute Gasteiger partial charge is 0.248 e. The van der Waals surface area contributed by atoms with Crippen LogP contribution < -0.4 is 16.4 Å². The zero-order valence-corrected chi connectivity index (χ0v) is 11.2. The topological polar surface area (TPSA) is 110 Å². The quantitative estimate of drug-likeness (QED) is 0.734. The summed E-state index contributed by atoms with van der Waals surface area (Å²) in [6.07, 6.45) is 3.52. The van der Waals surface area contributed by atoms with Gasteiger partial charge < -0.3 is 16.4 Å². The monoisotopic (exact) mass is 285 g/mol. The molecule has 0 saturated carbocycles. The van der Waals surface area contributed by atoms with Crippen LogP contribution in [-0.4, -0.2) is 28.3 Å². The van der Waals surface area contributed by atoms with Crippen LogP contribution >= 0.6 is 0 Å². The number of anilines is 2. The number of rotatable bonds is 6. The minimum absolute atomic E-state index is 0.148. The van der Waals surface area contributed by atoms with Gasteiger partial charge in [0.15, 0.2) is 0 Å². The summed E-state index contributed by atoms with van der Waals surface area (Å²) in [6, 6.07) is 8.10. The predicted molar refractivity (Wildman–Crippen MR) is 78.7 cm³/mol. The molecule has 0 atom stereocenters. The number of nitrogens with two attached hydrogens (primary N) is 1. The van der Waals surface area contributed by atoms with E-state index in [-0.39, 0.29) is 12.3 Å². The Morgan fingerprint density at radius 1 is 1.10 bits per heavy atom. The first-order chi connectivity index (χ1) is 10.1. The SMILES string of the molecule is NC(=O)c1ccc(NC(=O)CCNc2ncccn2)cc1. The van der Waals surface area contributed by atoms with Crippen molar-refractivity contribution in [2.45, 2.75) is 6.42 Å². The van der Waals surface area contributed by atoms with Crippen molar-refractivity contribution in [3.05, 3.63) is 48.3 Å². The number of hydrogen-bond acceptors (Lipinski definition) is 5. The fourth-order valence-corrected chi connectivity index (χ4v) is 1.62. The van der Waals surface area contributed by atoms with Crippen molar-refractivity contribution in [2.75, 3.05) is 17.2 Å². The van der Waals surface area contributed by atoms with Crippen LogP contribution in [0.5, 0.6) is 0 Å². The summed E-state index contributed by atoms with van der Waals surface area (Å²) in [5, 5.41) is 5.66. The average Bonchev–Trinajstić information content (AvgIpc) is 2.49. The zero-order valence-electron chi connectivity index (χ0n) is 11.2. The normalized spacial score (nSPS) is 9.90. The van der Waals surface area contributed by atoms with Gasteiger partial charge >= 0.3 is 0 Å². The van der Waals surface area contributed by atoms with E-state index in [1.165, 1.54) is 0 Å². The van der Waals surface area contributed by atoms with Gasteiger partial charge in [0.1, 0.15) is 0 Å². The van der Waals surface area contributed by atoms with Gasteiger partial charge in [0, 0.05) is 36.6 Å². The van der Waals surface area contributed by atoms with E-state index in [2.05, 4.69) is 20.6 Å². The molecule has 0 radical (unpaired) electrons. The predicted octanol–water partition coefficient (Wildman–Crippen LogP) is 1.02. The second kappa shape index (κ2) is 6.99. The Balaban J connectivity index is 1.78. The summed E-state index contributed by atoms with van der Waals surface area (Å²) in [6.45, 7) is 0.426. The molecule has 2 amide bonds. The molecule has 0 aliphatic heterocycles. The standard InChI is InChI=1S/C14H15N5O2/c15-13(21)10-2-4-11(5-3-10)19-12(20)6-9-18-14-16-7-1-8-17-14/h1-5,7-8H,6,9H2,(H2,15,21)(H,19,20)(H,16,17,18). The first kappa shape index (κ1) is 14.4. The summed E-state index contributed by atoms with van der Waals surface area (Å²) in [5.74, 6) is -0.165.